The minimum absolute atomic E-state index is 0.0397. The van der Waals surface area contributed by atoms with E-state index in [1.54, 1.807) is 17.0 Å². The average molecular weight is 484 g/mol. The van der Waals surface area contributed by atoms with Crippen LogP contribution in [0.3, 0.4) is 0 Å². The van der Waals surface area contributed by atoms with Crippen LogP contribution in [-0.2, 0) is 21.5 Å². The highest BCUT2D eigenvalue weighted by Crippen LogP contribution is 2.41. The van der Waals surface area contributed by atoms with Gasteiger partial charge in [-0.05, 0) is 48.1 Å². The fourth-order valence-corrected chi connectivity index (χ4v) is 4.52. The number of carbonyl (C=O) groups is 2. The van der Waals surface area contributed by atoms with E-state index in [1.165, 1.54) is 0 Å². The van der Waals surface area contributed by atoms with Gasteiger partial charge in [-0.2, -0.15) is 0 Å². The lowest BCUT2D eigenvalue weighted by Crippen LogP contribution is -2.29. The Morgan fingerprint density at radius 2 is 1.64 bits per heavy atom. The molecule has 1 fully saturated rings. The summed E-state index contributed by atoms with van der Waals surface area (Å²) in [6.07, 6.45) is 0. The van der Waals surface area contributed by atoms with E-state index in [9.17, 15) is 14.7 Å². The topological polar surface area (TPSA) is 66.8 Å². The van der Waals surface area contributed by atoms with Gasteiger partial charge in [0.2, 0.25) is 0 Å². The van der Waals surface area contributed by atoms with Crippen molar-refractivity contribution in [3.05, 3.63) is 106 Å². The fourth-order valence-electron chi connectivity index (χ4n) is 4.52. The van der Waals surface area contributed by atoms with E-state index in [-0.39, 0.29) is 23.3 Å². The van der Waals surface area contributed by atoms with Gasteiger partial charge in [0.25, 0.3) is 11.7 Å². The van der Waals surface area contributed by atoms with Gasteiger partial charge in [0.1, 0.15) is 11.5 Å². The molecule has 1 heterocycles. The van der Waals surface area contributed by atoms with Gasteiger partial charge < -0.3 is 14.7 Å². The van der Waals surface area contributed by atoms with Crippen molar-refractivity contribution in [3.8, 4) is 5.75 Å². The molecule has 1 N–H and O–H groups in total. The standard InChI is InChI=1S/C31H33NO4/c1-6-36-25-9-7-8-21(18-25)19-32-27(22-14-16-24(17-15-22)31(3,4)5)26(29(34)30(32)35)28(33)23-12-10-20(2)11-13-23/h7-18,27,33H,6,19H2,1-5H3/b28-26-. The summed E-state index contributed by atoms with van der Waals surface area (Å²) in [5, 5.41) is 11.3. The molecule has 1 amide bonds. The number of ether oxygens (including phenoxy) is 1. The van der Waals surface area contributed by atoms with Crippen LogP contribution in [0.1, 0.15) is 61.6 Å². The highest BCUT2D eigenvalue weighted by Gasteiger charge is 2.46. The van der Waals surface area contributed by atoms with E-state index >= 15 is 0 Å². The first kappa shape index (κ1) is 25.2. The number of benzene rings is 3. The van der Waals surface area contributed by atoms with E-state index in [0.717, 1.165) is 22.3 Å². The number of Topliss-reactive ketones (excluding diaryl/α,β-unsaturated/α-hetero) is 1. The predicted molar refractivity (Wildman–Crippen MR) is 142 cm³/mol. The Hall–Kier alpha value is -3.86. The summed E-state index contributed by atoms with van der Waals surface area (Å²) in [7, 11) is 0. The third kappa shape index (κ3) is 5.06. The SMILES string of the molecule is CCOc1cccc(CN2C(=O)C(=O)/C(=C(\O)c3ccc(C)cc3)C2c2ccc(C(C)(C)C)cc2)c1. The van der Waals surface area contributed by atoms with Gasteiger partial charge in [-0.3, -0.25) is 9.59 Å². The molecule has 3 aromatic carbocycles. The van der Waals surface area contributed by atoms with Gasteiger partial charge in [-0.1, -0.05) is 87.0 Å². The molecule has 3 aromatic rings. The Kier molecular flexibility index (Phi) is 7.02. The average Bonchev–Trinajstić information content (AvgIpc) is 3.09. The van der Waals surface area contributed by atoms with Crippen molar-refractivity contribution in [2.45, 2.75) is 52.6 Å². The molecule has 0 spiro atoms. The zero-order valence-electron chi connectivity index (χ0n) is 21.5. The van der Waals surface area contributed by atoms with Gasteiger partial charge in [0, 0.05) is 12.1 Å². The van der Waals surface area contributed by atoms with Crippen LogP contribution < -0.4 is 4.74 Å². The lowest BCUT2D eigenvalue weighted by molar-refractivity contribution is -0.140. The van der Waals surface area contributed by atoms with E-state index in [1.807, 2.05) is 74.5 Å². The maximum Gasteiger partial charge on any atom is 0.295 e. The molecule has 36 heavy (non-hydrogen) atoms. The summed E-state index contributed by atoms with van der Waals surface area (Å²) < 4.78 is 5.62. The maximum atomic E-state index is 13.3. The highest BCUT2D eigenvalue weighted by atomic mass is 16.5. The number of likely N-dealkylation sites (tertiary alicyclic amines) is 1. The molecule has 1 aliphatic heterocycles. The van der Waals surface area contributed by atoms with Crippen molar-refractivity contribution in [2.24, 2.45) is 0 Å². The van der Waals surface area contributed by atoms with Crippen LogP contribution in [0.2, 0.25) is 0 Å². The second-order valence-electron chi connectivity index (χ2n) is 10.2. The van der Waals surface area contributed by atoms with Crippen molar-refractivity contribution in [2.75, 3.05) is 6.61 Å². The normalized spacial score (nSPS) is 17.5. The predicted octanol–water partition coefficient (Wildman–Crippen LogP) is 6.31. The Balaban J connectivity index is 1.83. The van der Waals surface area contributed by atoms with Gasteiger partial charge in [0.15, 0.2) is 0 Å². The first-order valence-corrected chi connectivity index (χ1v) is 12.3. The second-order valence-corrected chi connectivity index (χ2v) is 10.2. The maximum absolute atomic E-state index is 13.3. The van der Waals surface area contributed by atoms with Crippen molar-refractivity contribution in [1.29, 1.82) is 0 Å². The molecule has 5 heteroatoms. The van der Waals surface area contributed by atoms with Crippen LogP contribution in [-0.4, -0.2) is 28.3 Å². The van der Waals surface area contributed by atoms with Crippen molar-refractivity contribution < 1.29 is 19.4 Å². The van der Waals surface area contributed by atoms with E-state index in [4.69, 9.17) is 4.74 Å². The number of aryl methyl sites for hydroxylation is 1. The van der Waals surface area contributed by atoms with Crippen LogP contribution in [0.15, 0.2) is 78.4 Å². The van der Waals surface area contributed by atoms with Crippen LogP contribution in [0.5, 0.6) is 5.75 Å². The molecular weight excluding hydrogens is 450 g/mol. The Labute approximate surface area is 213 Å². The Morgan fingerprint density at radius 3 is 2.25 bits per heavy atom. The molecule has 186 valence electrons. The first-order valence-electron chi connectivity index (χ1n) is 12.3. The smallest absolute Gasteiger partial charge is 0.295 e. The van der Waals surface area contributed by atoms with Gasteiger partial charge in [0.05, 0.1) is 18.2 Å². The molecule has 5 nitrogen and oxygen atoms in total. The zero-order valence-corrected chi connectivity index (χ0v) is 21.5. The quantitative estimate of drug-likeness (QED) is 0.253. The number of hydrogen-bond acceptors (Lipinski definition) is 4. The van der Waals surface area contributed by atoms with E-state index < -0.39 is 17.7 Å². The van der Waals surface area contributed by atoms with Crippen LogP contribution in [0.4, 0.5) is 0 Å². The number of aliphatic hydroxyl groups is 1. The highest BCUT2D eigenvalue weighted by molar-refractivity contribution is 6.46. The number of amides is 1. The number of nitrogens with zero attached hydrogens (tertiary/aromatic N) is 1. The summed E-state index contributed by atoms with van der Waals surface area (Å²) in [6, 6.07) is 22.0. The fraction of sp³-hybridized carbons (Fsp3) is 0.290. The monoisotopic (exact) mass is 483 g/mol. The molecule has 0 aliphatic carbocycles. The van der Waals surface area contributed by atoms with E-state index in [0.29, 0.717) is 17.9 Å². The second kappa shape index (κ2) is 10.0. The van der Waals surface area contributed by atoms with Crippen LogP contribution in [0, 0.1) is 6.92 Å². The summed E-state index contributed by atoms with van der Waals surface area (Å²) >= 11 is 0. The number of rotatable bonds is 6. The molecule has 1 aliphatic rings. The lowest BCUT2D eigenvalue weighted by atomic mass is 9.85. The van der Waals surface area contributed by atoms with Crippen LogP contribution in [0.25, 0.3) is 5.76 Å². The molecular formula is C31H33NO4. The molecule has 0 saturated carbocycles. The molecule has 0 aromatic heterocycles. The largest absolute Gasteiger partial charge is 0.507 e. The van der Waals surface area contributed by atoms with Crippen molar-refractivity contribution in [1.82, 2.24) is 4.90 Å². The molecule has 0 bridgehead atoms. The summed E-state index contributed by atoms with van der Waals surface area (Å²) in [5.74, 6) is -0.768. The third-order valence-electron chi connectivity index (χ3n) is 6.52. The summed E-state index contributed by atoms with van der Waals surface area (Å²) in [4.78, 5) is 28.2. The number of hydrogen-bond donors (Lipinski definition) is 1. The first-order chi connectivity index (χ1) is 17.1. The molecule has 1 saturated heterocycles. The third-order valence-corrected chi connectivity index (χ3v) is 6.52. The summed E-state index contributed by atoms with van der Waals surface area (Å²) in [5.41, 5.74) is 4.37. The molecule has 1 unspecified atom stereocenters. The minimum Gasteiger partial charge on any atom is -0.507 e. The van der Waals surface area contributed by atoms with Crippen molar-refractivity contribution >= 4 is 17.4 Å². The molecule has 0 radical (unpaired) electrons. The zero-order chi connectivity index (χ0) is 26.0. The lowest BCUT2D eigenvalue weighted by Gasteiger charge is -2.27. The minimum atomic E-state index is -0.712. The Bertz CT molecular complexity index is 1300. The number of aliphatic hydroxyl groups excluding tert-OH is 1. The van der Waals surface area contributed by atoms with E-state index in [2.05, 4.69) is 20.8 Å². The molecule has 4 rings (SSSR count). The Morgan fingerprint density at radius 1 is 0.972 bits per heavy atom. The van der Waals surface area contributed by atoms with Gasteiger partial charge >= 0.3 is 0 Å². The number of carbonyl (C=O) groups excluding carboxylic acids is 2. The van der Waals surface area contributed by atoms with Crippen LogP contribution >= 0.6 is 0 Å². The summed E-state index contributed by atoms with van der Waals surface area (Å²) in [6.45, 7) is 11.0. The molecule has 1 atom stereocenters. The van der Waals surface area contributed by atoms with Crippen molar-refractivity contribution in [3.63, 3.8) is 0 Å². The number of ketones is 1. The van der Waals surface area contributed by atoms with Gasteiger partial charge in [-0.25, -0.2) is 0 Å². The van der Waals surface area contributed by atoms with Gasteiger partial charge in [-0.15, -0.1) is 0 Å².